The van der Waals surface area contributed by atoms with Crippen LogP contribution in [-0.2, 0) is 10.3 Å². The molecule has 1 spiro atoms. The molecular weight excluding hydrogens is 384 g/mol. The molecule has 0 aliphatic carbocycles. The Bertz CT molecular complexity index is 992. The molecule has 0 amide bonds. The van der Waals surface area contributed by atoms with Gasteiger partial charge in [-0.05, 0) is 17.4 Å². The van der Waals surface area contributed by atoms with Crippen molar-refractivity contribution in [3.8, 4) is 6.07 Å². The van der Waals surface area contributed by atoms with Crippen LogP contribution in [-0.4, -0.2) is 52.0 Å². The molecule has 3 aliphatic heterocycles. The number of allylic oxidation sites excluding steroid dienone is 2. The van der Waals surface area contributed by atoms with Gasteiger partial charge in [0.25, 0.3) is 0 Å². The molecular formula is C17H9B3F3N3OS. The highest BCUT2D eigenvalue weighted by Crippen LogP contribution is 2.58. The molecule has 3 heterocycles. The van der Waals surface area contributed by atoms with Crippen LogP contribution in [0.5, 0.6) is 0 Å². The summed E-state index contributed by atoms with van der Waals surface area (Å²) in [5.74, 6) is -1.75. The van der Waals surface area contributed by atoms with Crippen molar-refractivity contribution < 1.29 is 17.9 Å². The molecule has 4 rings (SSSR count). The average Bonchev–Trinajstić information content (AvgIpc) is 3.01. The monoisotopic (exact) mass is 393 g/mol. The van der Waals surface area contributed by atoms with Crippen molar-refractivity contribution in [1.29, 1.82) is 5.26 Å². The summed E-state index contributed by atoms with van der Waals surface area (Å²) in [6, 6.07) is 6.30. The van der Waals surface area contributed by atoms with Gasteiger partial charge in [-0.15, -0.1) is 11.8 Å². The van der Waals surface area contributed by atoms with E-state index in [2.05, 4.69) is 9.73 Å². The Morgan fingerprint density at radius 3 is 2.82 bits per heavy atom. The topological polar surface area (TPSA) is 48.6 Å². The number of benzene rings is 1. The Morgan fingerprint density at radius 1 is 1.39 bits per heavy atom. The van der Waals surface area contributed by atoms with Crippen LogP contribution >= 0.6 is 11.8 Å². The Morgan fingerprint density at radius 2 is 2.14 bits per heavy atom. The second-order valence-corrected chi connectivity index (χ2v) is 7.94. The molecule has 28 heavy (non-hydrogen) atoms. The summed E-state index contributed by atoms with van der Waals surface area (Å²) >= 11 is 0.894. The fourth-order valence-electron chi connectivity index (χ4n) is 3.63. The van der Waals surface area contributed by atoms with Crippen molar-refractivity contribution in [1.82, 2.24) is 4.90 Å². The van der Waals surface area contributed by atoms with Crippen LogP contribution in [0.2, 0.25) is 5.82 Å². The second-order valence-electron chi connectivity index (χ2n) is 6.62. The van der Waals surface area contributed by atoms with Crippen LogP contribution in [0, 0.1) is 17.1 Å². The lowest BCUT2D eigenvalue weighted by atomic mass is 9.48. The van der Waals surface area contributed by atoms with Gasteiger partial charge in [-0.3, -0.25) is 4.99 Å². The lowest BCUT2D eigenvalue weighted by molar-refractivity contribution is -0.0906. The van der Waals surface area contributed by atoms with Gasteiger partial charge in [-0.1, -0.05) is 16.7 Å². The summed E-state index contributed by atoms with van der Waals surface area (Å²) in [6.45, 7) is -3.08. The van der Waals surface area contributed by atoms with E-state index in [-0.39, 0.29) is 28.6 Å². The van der Waals surface area contributed by atoms with Crippen molar-refractivity contribution in [3.05, 3.63) is 53.2 Å². The molecule has 6 radical (unpaired) electrons. The lowest BCUT2D eigenvalue weighted by Crippen LogP contribution is -2.50. The number of hydrogen-bond acceptors (Lipinski definition) is 5. The normalized spacial score (nSPS) is 27.5. The predicted molar refractivity (Wildman–Crippen MR) is 101 cm³/mol. The number of nitrogens with zero attached hydrogens (tertiary/aromatic N) is 3. The first-order valence-corrected chi connectivity index (χ1v) is 8.96. The maximum atomic E-state index is 14.5. The minimum Gasteiger partial charge on any atom is -0.431 e. The second kappa shape index (κ2) is 6.41. The van der Waals surface area contributed by atoms with Gasteiger partial charge in [0.1, 0.15) is 17.4 Å². The van der Waals surface area contributed by atoms with Crippen molar-refractivity contribution >= 4 is 41.1 Å². The van der Waals surface area contributed by atoms with Gasteiger partial charge in [0.05, 0.1) is 35.7 Å². The average molecular weight is 393 g/mol. The molecule has 3 aliphatic rings. The smallest absolute Gasteiger partial charge is 0.387 e. The molecule has 1 aromatic carbocycles. The first kappa shape index (κ1) is 19.1. The van der Waals surface area contributed by atoms with E-state index in [0.717, 1.165) is 17.8 Å². The molecule has 0 N–H and O–H groups in total. The number of rotatable bonds is 2. The van der Waals surface area contributed by atoms with Gasteiger partial charge in [-0.2, -0.15) is 14.0 Å². The lowest BCUT2D eigenvalue weighted by Gasteiger charge is -2.49. The summed E-state index contributed by atoms with van der Waals surface area (Å²) in [7, 11) is 18.7. The van der Waals surface area contributed by atoms with Crippen LogP contribution in [0.25, 0.3) is 0 Å². The summed E-state index contributed by atoms with van der Waals surface area (Å²) in [5.41, 5.74) is -0.772. The van der Waals surface area contributed by atoms with E-state index in [0.29, 0.717) is 5.56 Å². The van der Waals surface area contributed by atoms with Crippen LogP contribution in [0.3, 0.4) is 0 Å². The van der Waals surface area contributed by atoms with Crippen LogP contribution in [0.4, 0.5) is 13.2 Å². The van der Waals surface area contributed by atoms with E-state index in [1.54, 1.807) is 6.07 Å². The molecule has 0 bridgehead atoms. The van der Waals surface area contributed by atoms with E-state index < -0.39 is 28.3 Å². The molecule has 4 nitrogen and oxygen atoms in total. The number of halogens is 3. The minimum absolute atomic E-state index is 0.0335. The Hall–Kier alpha value is -2.21. The standard InChI is InChI=1S/C17H9B3F3N3OS/c18-14-16(9-2-1-3-10(21)12(9)28-17(14,19)20)7-26-6-8(5-24)4-11(13(26)25-16)27-15(22)23/h1-4,6,14-15H,7H2/t14?,16-/m1/s1. The number of alkyl halides is 2. The van der Waals surface area contributed by atoms with Crippen molar-refractivity contribution in [3.63, 3.8) is 0 Å². The maximum Gasteiger partial charge on any atom is 0.387 e. The highest BCUT2D eigenvalue weighted by molar-refractivity contribution is 8.03. The van der Waals surface area contributed by atoms with Crippen molar-refractivity contribution in [2.24, 2.45) is 4.99 Å². The van der Waals surface area contributed by atoms with E-state index in [9.17, 15) is 18.4 Å². The van der Waals surface area contributed by atoms with E-state index >= 15 is 0 Å². The Labute approximate surface area is 167 Å². The quantitative estimate of drug-likeness (QED) is 0.725. The van der Waals surface area contributed by atoms with Gasteiger partial charge in [-0.25, -0.2) is 4.39 Å². The van der Waals surface area contributed by atoms with Crippen molar-refractivity contribution in [2.75, 3.05) is 6.54 Å². The highest BCUT2D eigenvalue weighted by atomic mass is 32.2. The Balaban J connectivity index is 1.91. The van der Waals surface area contributed by atoms with E-state index in [4.69, 9.17) is 23.5 Å². The highest BCUT2D eigenvalue weighted by Gasteiger charge is 2.54. The molecule has 134 valence electrons. The van der Waals surface area contributed by atoms with E-state index in [1.807, 2.05) is 6.07 Å². The zero-order valence-electron chi connectivity index (χ0n) is 14.3. The van der Waals surface area contributed by atoms with Crippen LogP contribution < -0.4 is 0 Å². The summed E-state index contributed by atoms with van der Waals surface area (Å²) in [4.78, 5) is 6.23. The van der Waals surface area contributed by atoms with Gasteiger partial charge in [0.15, 0.2) is 11.6 Å². The number of aliphatic imine (C=N–C) groups is 1. The SMILES string of the molecule is [B]C1C([B])([B])Sc2c(F)cccc2[C@]12CN1C=C(C#N)C=C(OC(F)F)C1=N2. The predicted octanol–water partition coefficient (Wildman–Crippen LogP) is 2.33. The van der Waals surface area contributed by atoms with Crippen molar-refractivity contribution in [2.45, 2.75) is 27.4 Å². The molecule has 11 heteroatoms. The zero-order chi connectivity index (χ0) is 20.3. The third kappa shape index (κ3) is 2.77. The molecule has 1 unspecified atom stereocenters. The summed E-state index contributed by atoms with van der Waals surface area (Å²) in [5, 5.41) is 9.20. The first-order chi connectivity index (χ1) is 13.2. The van der Waals surface area contributed by atoms with E-state index in [1.165, 1.54) is 23.2 Å². The van der Waals surface area contributed by atoms with Gasteiger partial charge >= 0.3 is 6.61 Å². The minimum atomic E-state index is -3.12. The van der Waals surface area contributed by atoms with Gasteiger partial charge < -0.3 is 9.64 Å². The number of ether oxygens (including phenoxy) is 1. The fourth-order valence-corrected chi connectivity index (χ4v) is 4.82. The largest absolute Gasteiger partial charge is 0.431 e. The molecule has 0 fully saturated rings. The van der Waals surface area contributed by atoms with Crippen LogP contribution in [0.1, 0.15) is 5.56 Å². The number of thioether (sulfide) groups is 1. The third-order valence-corrected chi connectivity index (χ3v) is 6.08. The number of fused-ring (bicyclic) bond motifs is 3. The van der Waals surface area contributed by atoms with Crippen LogP contribution in [0.15, 0.2) is 51.7 Å². The van der Waals surface area contributed by atoms with Gasteiger partial charge in [0.2, 0.25) is 0 Å². The molecule has 1 aromatic rings. The molecule has 2 atom stereocenters. The zero-order valence-corrected chi connectivity index (χ0v) is 15.1. The number of hydrogen-bond donors (Lipinski definition) is 0. The number of amidine groups is 1. The third-order valence-electron chi connectivity index (χ3n) is 4.85. The Kier molecular flexibility index (Phi) is 4.38. The summed E-state index contributed by atoms with van der Waals surface area (Å²) < 4.78 is 43.2. The number of nitriles is 1. The fraction of sp³-hybridized carbons (Fsp3) is 0.294. The summed E-state index contributed by atoms with van der Waals surface area (Å²) in [6.07, 6.45) is 2.60. The molecule has 0 aromatic heterocycles. The molecule has 0 saturated carbocycles. The first-order valence-electron chi connectivity index (χ1n) is 8.14. The maximum absolute atomic E-state index is 14.5. The van der Waals surface area contributed by atoms with Gasteiger partial charge in [0, 0.05) is 17.2 Å². The molecule has 0 saturated heterocycles.